The van der Waals surface area contributed by atoms with E-state index in [2.05, 4.69) is 20.5 Å². The van der Waals surface area contributed by atoms with E-state index in [1.54, 1.807) is 32.2 Å². The van der Waals surface area contributed by atoms with Crippen LogP contribution in [0.25, 0.3) is 0 Å². The van der Waals surface area contributed by atoms with Gasteiger partial charge in [-0.05, 0) is 48.5 Å². The van der Waals surface area contributed by atoms with Gasteiger partial charge in [-0.3, -0.25) is 9.59 Å². The maximum absolute atomic E-state index is 12.9. The van der Waals surface area contributed by atoms with E-state index in [0.717, 1.165) is 30.2 Å². The maximum Gasteiger partial charge on any atom is 0.255 e. The van der Waals surface area contributed by atoms with E-state index in [0.29, 0.717) is 42.4 Å². The molecule has 0 radical (unpaired) electrons. The van der Waals surface area contributed by atoms with Gasteiger partial charge in [-0.25, -0.2) is 0 Å². The molecule has 1 aliphatic heterocycles. The van der Waals surface area contributed by atoms with Crippen molar-refractivity contribution < 1.29 is 19.1 Å². The number of morpholine rings is 1. The van der Waals surface area contributed by atoms with Crippen LogP contribution in [-0.2, 0) is 4.74 Å². The Balaban J connectivity index is 1.49. The molecule has 2 heterocycles. The van der Waals surface area contributed by atoms with Gasteiger partial charge >= 0.3 is 0 Å². The van der Waals surface area contributed by atoms with Crippen molar-refractivity contribution in [2.24, 2.45) is 0 Å². The van der Waals surface area contributed by atoms with E-state index < -0.39 is 0 Å². The fraction of sp³-hybridized carbons (Fsp3) is 0.280. The fourth-order valence-corrected chi connectivity index (χ4v) is 3.69. The smallest absolute Gasteiger partial charge is 0.255 e. The zero-order valence-corrected chi connectivity index (χ0v) is 18.8. The van der Waals surface area contributed by atoms with Gasteiger partial charge in [0.25, 0.3) is 5.91 Å². The SMILES string of the molecule is CCC(=O)c1[nH]c(Nc2ccc(OC)cc2)cc1NC(=O)c1ccc(N2CCOCC2)cc1. The Morgan fingerprint density at radius 1 is 1.06 bits per heavy atom. The highest BCUT2D eigenvalue weighted by molar-refractivity contribution is 6.09. The second-order valence-electron chi connectivity index (χ2n) is 7.70. The summed E-state index contributed by atoms with van der Waals surface area (Å²) in [4.78, 5) is 30.7. The van der Waals surface area contributed by atoms with Crippen LogP contribution in [0, 0.1) is 0 Å². The fourth-order valence-electron chi connectivity index (χ4n) is 3.69. The topological polar surface area (TPSA) is 95.7 Å². The summed E-state index contributed by atoms with van der Waals surface area (Å²) in [6, 6.07) is 16.6. The molecule has 0 spiro atoms. The lowest BCUT2D eigenvalue weighted by atomic mass is 10.1. The summed E-state index contributed by atoms with van der Waals surface area (Å²) < 4.78 is 10.6. The summed E-state index contributed by atoms with van der Waals surface area (Å²) in [6.07, 6.45) is 0.319. The van der Waals surface area contributed by atoms with E-state index in [1.807, 2.05) is 36.4 Å². The van der Waals surface area contributed by atoms with Gasteiger partial charge < -0.3 is 30.0 Å². The summed E-state index contributed by atoms with van der Waals surface area (Å²) in [6.45, 7) is 4.87. The van der Waals surface area contributed by atoms with Gasteiger partial charge in [0, 0.05) is 42.5 Å². The van der Waals surface area contributed by atoms with Gasteiger partial charge in [-0.15, -0.1) is 0 Å². The van der Waals surface area contributed by atoms with Crippen LogP contribution in [0.15, 0.2) is 54.6 Å². The number of methoxy groups -OCH3 is 1. The van der Waals surface area contributed by atoms with Crippen molar-refractivity contribution in [1.82, 2.24) is 4.98 Å². The van der Waals surface area contributed by atoms with Crippen molar-refractivity contribution >= 4 is 34.6 Å². The number of Topliss-reactive ketones (excluding diaryl/α,β-unsaturated/α-hetero) is 1. The first-order valence-corrected chi connectivity index (χ1v) is 11.0. The lowest BCUT2D eigenvalue weighted by Gasteiger charge is -2.28. The molecule has 4 rings (SSSR count). The number of aromatic amines is 1. The first-order chi connectivity index (χ1) is 16.1. The lowest BCUT2D eigenvalue weighted by molar-refractivity contribution is 0.0985. The van der Waals surface area contributed by atoms with Crippen LogP contribution in [0.4, 0.5) is 22.9 Å². The molecule has 0 saturated carbocycles. The second kappa shape index (κ2) is 10.2. The third-order valence-corrected chi connectivity index (χ3v) is 5.54. The van der Waals surface area contributed by atoms with Gasteiger partial charge in [-0.2, -0.15) is 0 Å². The van der Waals surface area contributed by atoms with E-state index in [1.165, 1.54) is 0 Å². The normalized spacial score (nSPS) is 13.5. The van der Waals surface area contributed by atoms with Gasteiger partial charge in [0.15, 0.2) is 5.78 Å². The largest absolute Gasteiger partial charge is 0.497 e. The third-order valence-electron chi connectivity index (χ3n) is 5.54. The molecule has 33 heavy (non-hydrogen) atoms. The number of nitrogens with zero attached hydrogens (tertiary/aromatic N) is 1. The number of amides is 1. The van der Waals surface area contributed by atoms with Gasteiger partial charge in [0.2, 0.25) is 0 Å². The van der Waals surface area contributed by atoms with Crippen molar-refractivity contribution in [3.05, 3.63) is 65.9 Å². The van der Waals surface area contributed by atoms with Gasteiger partial charge in [0.05, 0.1) is 26.0 Å². The van der Waals surface area contributed by atoms with Crippen molar-refractivity contribution in [1.29, 1.82) is 0 Å². The van der Waals surface area contributed by atoms with Crippen molar-refractivity contribution in [3.8, 4) is 5.75 Å². The van der Waals surface area contributed by atoms with Crippen molar-refractivity contribution in [3.63, 3.8) is 0 Å². The number of anilines is 4. The molecule has 0 aliphatic carbocycles. The second-order valence-corrected chi connectivity index (χ2v) is 7.70. The zero-order valence-electron chi connectivity index (χ0n) is 18.8. The van der Waals surface area contributed by atoms with E-state index in [9.17, 15) is 9.59 Å². The number of ether oxygens (including phenoxy) is 2. The van der Waals surface area contributed by atoms with Crippen LogP contribution < -0.4 is 20.3 Å². The number of aromatic nitrogens is 1. The number of hydrogen-bond donors (Lipinski definition) is 3. The number of ketones is 1. The molecule has 3 N–H and O–H groups in total. The molecule has 0 unspecified atom stereocenters. The molecular formula is C25H28N4O4. The molecule has 0 atom stereocenters. The number of nitrogens with one attached hydrogen (secondary N) is 3. The Morgan fingerprint density at radius 3 is 2.39 bits per heavy atom. The zero-order chi connectivity index (χ0) is 23.2. The van der Waals surface area contributed by atoms with Crippen molar-refractivity contribution in [2.75, 3.05) is 48.9 Å². The average molecular weight is 449 g/mol. The molecule has 172 valence electrons. The molecule has 1 fully saturated rings. The third kappa shape index (κ3) is 5.35. The molecular weight excluding hydrogens is 420 g/mol. The average Bonchev–Trinajstić information content (AvgIpc) is 3.26. The number of H-pyrrole nitrogens is 1. The first kappa shape index (κ1) is 22.4. The summed E-state index contributed by atoms with van der Waals surface area (Å²) in [5.41, 5.74) is 3.22. The number of carbonyl (C=O) groups is 2. The monoisotopic (exact) mass is 448 g/mol. The quantitative estimate of drug-likeness (QED) is 0.441. The molecule has 3 aromatic rings. The summed E-state index contributed by atoms with van der Waals surface area (Å²) in [5, 5.41) is 6.10. The molecule has 2 aromatic carbocycles. The van der Waals surface area contributed by atoms with Gasteiger partial charge in [0.1, 0.15) is 17.3 Å². The van der Waals surface area contributed by atoms with Crippen LogP contribution in [0.1, 0.15) is 34.2 Å². The Hall–Kier alpha value is -3.78. The van der Waals surface area contributed by atoms with Gasteiger partial charge in [-0.1, -0.05) is 6.92 Å². The van der Waals surface area contributed by atoms with E-state index in [4.69, 9.17) is 9.47 Å². The molecule has 1 saturated heterocycles. The highest BCUT2D eigenvalue weighted by atomic mass is 16.5. The minimum Gasteiger partial charge on any atom is -0.497 e. The van der Waals surface area contributed by atoms with Crippen molar-refractivity contribution in [2.45, 2.75) is 13.3 Å². The molecule has 1 amide bonds. The van der Waals surface area contributed by atoms with Crippen LogP contribution in [0.3, 0.4) is 0 Å². The summed E-state index contributed by atoms with van der Waals surface area (Å²) in [7, 11) is 1.61. The number of carbonyl (C=O) groups excluding carboxylic acids is 2. The predicted octanol–water partition coefficient (Wildman–Crippen LogP) is 4.45. The van der Waals surface area contributed by atoms with Crippen LogP contribution >= 0.6 is 0 Å². The van der Waals surface area contributed by atoms with Crippen LogP contribution in [0.5, 0.6) is 5.75 Å². The Kier molecular flexibility index (Phi) is 6.95. The number of rotatable bonds is 8. The number of hydrogen-bond acceptors (Lipinski definition) is 6. The van der Waals surface area contributed by atoms with Crippen LogP contribution in [-0.4, -0.2) is 50.1 Å². The summed E-state index contributed by atoms with van der Waals surface area (Å²) in [5.74, 6) is 0.996. The Labute approximate surface area is 192 Å². The lowest BCUT2D eigenvalue weighted by Crippen LogP contribution is -2.36. The molecule has 8 nitrogen and oxygen atoms in total. The number of benzene rings is 2. The highest BCUT2D eigenvalue weighted by Gasteiger charge is 2.18. The highest BCUT2D eigenvalue weighted by Crippen LogP contribution is 2.27. The van der Waals surface area contributed by atoms with E-state index in [-0.39, 0.29) is 11.7 Å². The maximum atomic E-state index is 12.9. The standard InChI is InChI=1S/C25H28N4O4/c1-3-22(30)24-21(16-23(28-24)26-18-6-10-20(32-2)11-7-18)27-25(31)17-4-8-19(9-5-17)29-12-14-33-15-13-29/h4-11,16,26,28H,3,12-15H2,1-2H3,(H,27,31). The minimum atomic E-state index is -0.274. The summed E-state index contributed by atoms with van der Waals surface area (Å²) >= 11 is 0. The molecule has 0 bridgehead atoms. The Bertz CT molecular complexity index is 1100. The van der Waals surface area contributed by atoms with E-state index >= 15 is 0 Å². The Morgan fingerprint density at radius 2 is 1.76 bits per heavy atom. The molecule has 1 aromatic heterocycles. The molecule has 1 aliphatic rings. The minimum absolute atomic E-state index is 0.0873. The van der Waals surface area contributed by atoms with Crippen LogP contribution in [0.2, 0.25) is 0 Å². The first-order valence-electron chi connectivity index (χ1n) is 11.0. The predicted molar refractivity (Wildman–Crippen MR) is 129 cm³/mol. The molecule has 8 heteroatoms.